The van der Waals surface area contributed by atoms with E-state index in [1.54, 1.807) is 6.92 Å². The molecule has 0 aromatic heterocycles. The minimum Gasteiger partial charge on any atom is -0.444 e. The lowest BCUT2D eigenvalue weighted by atomic mass is 9.71. The van der Waals surface area contributed by atoms with Crippen molar-refractivity contribution in [3.8, 4) is 11.8 Å². The highest BCUT2D eigenvalue weighted by molar-refractivity contribution is 5.94. The third-order valence-corrected chi connectivity index (χ3v) is 4.34. The topological polar surface area (TPSA) is 76.7 Å². The summed E-state index contributed by atoms with van der Waals surface area (Å²) >= 11 is 0. The van der Waals surface area contributed by atoms with Gasteiger partial charge in [-0.1, -0.05) is 5.92 Å². The van der Waals surface area contributed by atoms with Crippen LogP contribution < -0.4 is 10.6 Å². The van der Waals surface area contributed by atoms with Crippen LogP contribution in [0.3, 0.4) is 0 Å². The first-order chi connectivity index (χ1) is 10.7. The van der Waals surface area contributed by atoms with E-state index in [2.05, 4.69) is 22.5 Å². The van der Waals surface area contributed by atoms with Crippen LogP contribution in [-0.4, -0.2) is 41.9 Å². The average molecular weight is 322 g/mol. The highest BCUT2D eigenvalue weighted by Crippen LogP contribution is 2.43. The molecule has 2 amide bonds. The van der Waals surface area contributed by atoms with Crippen molar-refractivity contribution in [2.45, 2.75) is 70.1 Å². The fourth-order valence-electron chi connectivity index (χ4n) is 3.09. The minimum absolute atomic E-state index is 0.252. The van der Waals surface area contributed by atoms with Crippen LogP contribution in [-0.2, 0) is 14.3 Å². The number of carbonyl (C=O) groups excluding carboxylic acids is 2. The number of hydrogen-bond acceptors (Lipinski definition) is 4. The smallest absolute Gasteiger partial charge is 0.407 e. The van der Waals surface area contributed by atoms with E-state index in [1.807, 2.05) is 20.8 Å². The number of fused-ring (bicyclic) bond motifs is 3. The maximum Gasteiger partial charge on any atom is 0.407 e. The summed E-state index contributed by atoms with van der Waals surface area (Å²) < 4.78 is 11.2. The molecule has 2 aliphatic heterocycles. The fourth-order valence-corrected chi connectivity index (χ4v) is 3.09. The van der Waals surface area contributed by atoms with E-state index in [9.17, 15) is 9.59 Å². The summed E-state index contributed by atoms with van der Waals surface area (Å²) in [5, 5.41) is 5.79. The first kappa shape index (κ1) is 17.6. The van der Waals surface area contributed by atoms with Crippen molar-refractivity contribution < 1.29 is 19.1 Å². The van der Waals surface area contributed by atoms with Crippen molar-refractivity contribution in [2.75, 3.05) is 13.2 Å². The van der Waals surface area contributed by atoms with Gasteiger partial charge in [0.15, 0.2) is 0 Å². The lowest BCUT2D eigenvalue weighted by Gasteiger charge is -2.53. The van der Waals surface area contributed by atoms with Crippen LogP contribution in [0.2, 0.25) is 0 Å². The standard InChI is InChI=1S/C17H26N2O4/c1-5-6-13(20)19-16-7-9-17(10-8-16,22-12-16)11-18-14(21)23-15(2,3)4/h7-12H2,1-4H3,(H,18,21)(H,19,20). The largest absolute Gasteiger partial charge is 0.444 e. The van der Waals surface area contributed by atoms with E-state index in [1.165, 1.54) is 0 Å². The molecule has 0 aromatic carbocycles. The van der Waals surface area contributed by atoms with Gasteiger partial charge in [0.05, 0.1) is 17.7 Å². The molecule has 2 heterocycles. The number of rotatable bonds is 3. The van der Waals surface area contributed by atoms with Gasteiger partial charge in [-0.05, 0) is 59.3 Å². The van der Waals surface area contributed by atoms with E-state index in [4.69, 9.17) is 9.47 Å². The van der Waals surface area contributed by atoms with Gasteiger partial charge in [-0.2, -0.15) is 0 Å². The van der Waals surface area contributed by atoms with Crippen LogP contribution in [0.4, 0.5) is 4.79 Å². The Balaban J connectivity index is 1.86. The first-order valence-electron chi connectivity index (χ1n) is 8.03. The van der Waals surface area contributed by atoms with Crippen LogP contribution in [0.1, 0.15) is 53.4 Å². The monoisotopic (exact) mass is 322 g/mol. The molecule has 0 atom stereocenters. The van der Waals surface area contributed by atoms with E-state index in [-0.39, 0.29) is 17.0 Å². The maximum absolute atomic E-state index is 11.8. The number of carbonyl (C=O) groups is 2. The third kappa shape index (κ3) is 4.61. The third-order valence-electron chi connectivity index (χ3n) is 4.34. The van der Waals surface area contributed by atoms with Crippen molar-refractivity contribution in [3.05, 3.63) is 0 Å². The molecule has 6 heteroatoms. The van der Waals surface area contributed by atoms with Crippen LogP contribution in [0.5, 0.6) is 0 Å². The predicted molar refractivity (Wildman–Crippen MR) is 85.7 cm³/mol. The molecule has 0 unspecified atom stereocenters. The Kier molecular flexibility index (Phi) is 4.90. The van der Waals surface area contributed by atoms with Crippen molar-refractivity contribution >= 4 is 12.0 Å². The second-order valence-corrected chi connectivity index (χ2v) is 7.44. The van der Waals surface area contributed by atoms with Crippen molar-refractivity contribution in [1.29, 1.82) is 0 Å². The molecule has 1 aliphatic carbocycles. The van der Waals surface area contributed by atoms with Gasteiger partial charge in [-0.15, -0.1) is 0 Å². The van der Waals surface area contributed by atoms with Crippen molar-refractivity contribution in [3.63, 3.8) is 0 Å². The molecule has 128 valence electrons. The van der Waals surface area contributed by atoms with Gasteiger partial charge in [-0.25, -0.2) is 4.79 Å². The van der Waals surface area contributed by atoms with Gasteiger partial charge >= 0.3 is 6.09 Å². The number of amides is 2. The predicted octanol–water partition coefficient (Wildman–Crippen LogP) is 1.73. The highest BCUT2D eigenvalue weighted by atomic mass is 16.6. The van der Waals surface area contributed by atoms with Crippen molar-refractivity contribution in [2.24, 2.45) is 0 Å². The molecule has 23 heavy (non-hydrogen) atoms. The Morgan fingerprint density at radius 3 is 2.35 bits per heavy atom. The summed E-state index contributed by atoms with van der Waals surface area (Å²) in [6.07, 6.45) is 2.83. The quantitative estimate of drug-likeness (QED) is 0.776. The second-order valence-electron chi connectivity index (χ2n) is 7.44. The van der Waals surface area contributed by atoms with Gasteiger partial charge < -0.3 is 20.1 Å². The number of alkyl carbamates (subject to hydrolysis) is 1. The molecular weight excluding hydrogens is 296 g/mol. The molecular formula is C17H26N2O4. The normalized spacial score (nSPS) is 29.2. The second kappa shape index (κ2) is 6.40. The fraction of sp³-hybridized carbons (Fsp3) is 0.765. The summed E-state index contributed by atoms with van der Waals surface area (Å²) in [5.74, 6) is 4.86. The molecule has 2 bridgehead atoms. The van der Waals surface area contributed by atoms with Gasteiger partial charge in [0.2, 0.25) is 0 Å². The SMILES string of the molecule is CC#CC(=O)NC12CCC(CNC(=O)OC(C)(C)C)(CC1)OC2. The molecule has 6 nitrogen and oxygen atoms in total. The Morgan fingerprint density at radius 2 is 1.87 bits per heavy atom. The van der Waals surface area contributed by atoms with Gasteiger partial charge in [-0.3, -0.25) is 4.79 Å². The van der Waals surface area contributed by atoms with Crippen LogP contribution in [0.25, 0.3) is 0 Å². The van der Waals surface area contributed by atoms with Crippen molar-refractivity contribution in [1.82, 2.24) is 10.6 Å². The number of ether oxygens (including phenoxy) is 2. The van der Waals surface area contributed by atoms with E-state index in [0.717, 1.165) is 25.7 Å². The molecule has 3 aliphatic rings. The zero-order valence-corrected chi connectivity index (χ0v) is 14.4. The van der Waals surface area contributed by atoms with Gasteiger partial charge in [0, 0.05) is 6.54 Å². The maximum atomic E-state index is 11.8. The molecule has 0 spiro atoms. The molecule has 2 saturated heterocycles. The van der Waals surface area contributed by atoms with Gasteiger partial charge in [0.25, 0.3) is 5.91 Å². The summed E-state index contributed by atoms with van der Waals surface area (Å²) in [7, 11) is 0. The lowest BCUT2D eigenvalue weighted by molar-refractivity contribution is -0.162. The number of hydrogen-bond donors (Lipinski definition) is 2. The molecule has 3 rings (SSSR count). The minimum atomic E-state index is -0.512. The molecule has 3 fully saturated rings. The van der Waals surface area contributed by atoms with E-state index >= 15 is 0 Å². The van der Waals surface area contributed by atoms with Crippen LogP contribution >= 0.6 is 0 Å². The molecule has 2 N–H and O–H groups in total. The molecule has 1 saturated carbocycles. The van der Waals surface area contributed by atoms with Crippen LogP contribution in [0.15, 0.2) is 0 Å². The summed E-state index contributed by atoms with van der Waals surface area (Å²) in [4.78, 5) is 23.5. The van der Waals surface area contributed by atoms with Gasteiger partial charge in [0.1, 0.15) is 5.60 Å². The Hall–Kier alpha value is -1.74. The van der Waals surface area contributed by atoms with E-state index in [0.29, 0.717) is 13.2 Å². The first-order valence-corrected chi connectivity index (χ1v) is 8.03. The Labute approximate surface area is 137 Å². The lowest BCUT2D eigenvalue weighted by Crippen LogP contribution is -2.65. The number of nitrogens with one attached hydrogen (secondary N) is 2. The zero-order chi connectivity index (χ0) is 17.1. The summed E-state index contributed by atoms with van der Waals surface area (Å²) in [6.45, 7) is 8.03. The van der Waals surface area contributed by atoms with Crippen LogP contribution in [0, 0.1) is 11.8 Å². The summed E-state index contributed by atoms with van der Waals surface area (Å²) in [5.41, 5.74) is -1.17. The highest BCUT2D eigenvalue weighted by Gasteiger charge is 2.50. The average Bonchev–Trinajstić information content (AvgIpc) is 2.46. The van der Waals surface area contributed by atoms with E-state index < -0.39 is 11.7 Å². The summed E-state index contributed by atoms with van der Waals surface area (Å²) in [6, 6.07) is 0. The zero-order valence-electron chi connectivity index (χ0n) is 14.4. The Morgan fingerprint density at radius 1 is 1.22 bits per heavy atom. The Bertz CT molecular complexity index is 514. The molecule has 0 aromatic rings. The molecule has 0 radical (unpaired) electrons.